The van der Waals surface area contributed by atoms with E-state index in [1.165, 1.54) is 32.1 Å². The third kappa shape index (κ3) is 2.54. The molecule has 0 radical (unpaired) electrons. The van der Waals surface area contributed by atoms with Crippen molar-refractivity contribution in [2.75, 3.05) is 0 Å². The van der Waals surface area contributed by atoms with Crippen LogP contribution in [-0.4, -0.2) is 9.55 Å². The Bertz CT molecular complexity index is 308. The Morgan fingerprint density at radius 3 is 3.07 bits per heavy atom. The zero-order chi connectivity index (χ0) is 10.7. The van der Waals surface area contributed by atoms with Crippen LogP contribution in [0.5, 0.6) is 0 Å². The van der Waals surface area contributed by atoms with Crippen LogP contribution >= 0.6 is 11.6 Å². The standard InChI is InChI=1S/C12H19ClN2/c1-10-3-2-4-11(6-5-10)15-9-14-8-12(15)7-13/h8-11H,2-7H2,1H3. The quantitative estimate of drug-likeness (QED) is 0.555. The van der Waals surface area contributed by atoms with Crippen molar-refractivity contribution >= 4 is 11.6 Å². The number of alkyl halides is 1. The van der Waals surface area contributed by atoms with Crippen LogP contribution in [0.2, 0.25) is 0 Å². The van der Waals surface area contributed by atoms with Gasteiger partial charge in [-0.15, -0.1) is 11.6 Å². The molecule has 0 spiro atoms. The summed E-state index contributed by atoms with van der Waals surface area (Å²) in [5.41, 5.74) is 1.16. The molecule has 0 bridgehead atoms. The van der Waals surface area contributed by atoms with Gasteiger partial charge in [0, 0.05) is 12.2 Å². The summed E-state index contributed by atoms with van der Waals surface area (Å²) in [5.74, 6) is 1.46. The molecule has 1 heterocycles. The lowest BCUT2D eigenvalue weighted by atomic mass is 10.0. The van der Waals surface area contributed by atoms with Gasteiger partial charge in [-0.05, 0) is 25.2 Å². The van der Waals surface area contributed by atoms with Crippen LogP contribution in [-0.2, 0) is 5.88 Å². The van der Waals surface area contributed by atoms with Crippen molar-refractivity contribution in [1.29, 1.82) is 0 Å². The molecular formula is C12H19ClN2. The van der Waals surface area contributed by atoms with Gasteiger partial charge in [0.2, 0.25) is 0 Å². The third-order valence-electron chi connectivity index (χ3n) is 3.50. The summed E-state index contributed by atoms with van der Waals surface area (Å²) in [6, 6.07) is 0.631. The Hall–Kier alpha value is -0.500. The molecule has 1 fully saturated rings. The zero-order valence-corrected chi connectivity index (χ0v) is 10.1. The fourth-order valence-electron chi connectivity index (χ4n) is 2.51. The number of aromatic nitrogens is 2. The molecule has 1 aromatic rings. The largest absolute Gasteiger partial charge is 0.330 e. The molecule has 0 aliphatic heterocycles. The van der Waals surface area contributed by atoms with Crippen LogP contribution in [0.25, 0.3) is 0 Å². The van der Waals surface area contributed by atoms with E-state index < -0.39 is 0 Å². The summed E-state index contributed by atoms with van der Waals surface area (Å²) >= 11 is 5.90. The molecule has 2 atom stereocenters. The minimum atomic E-state index is 0.575. The summed E-state index contributed by atoms with van der Waals surface area (Å²) in [6.45, 7) is 2.36. The second-order valence-electron chi connectivity index (χ2n) is 4.69. The summed E-state index contributed by atoms with van der Waals surface area (Å²) < 4.78 is 2.28. The molecule has 2 rings (SSSR count). The molecule has 2 unspecified atom stereocenters. The highest BCUT2D eigenvalue weighted by atomic mass is 35.5. The van der Waals surface area contributed by atoms with E-state index in [1.54, 1.807) is 0 Å². The maximum atomic E-state index is 5.90. The van der Waals surface area contributed by atoms with Crippen molar-refractivity contribution in [3.63, 3.8) is 0 Å². The Morgan fingerprint density at radius 1 is 1.40 bits per heavy atom. The predicted octanol–water partition coefficient (Wildman–Crippen LogP) is 3.76. The lowest BCUT2D eigenvalue weighted by Gasteiger charge is -2.18. The molecule has 0 amide bonds. The minimum Gasteiger partial charge on any atom is -0.330 e. The van der Waals surface area contributed by atoms with Gasteiger partial charge in [0.05, 0.1) is 17.9 Å². The average Bonchev–Trinajstić information content (AvgIpc) is 2.61. The van der Waals surface area contributed by atoms with Crippen LogP contribution in [0.4, 0.5) is 0 Å². The highest BCUT2D eigenvalue weighted by Crippen LogP contribution is 2.31. The molecule has 1 aliphatic rings. The highest BCUT2D eigenvalue weighted by molar-refractivity contribution is 6.16. The van der Waals surface area contributed by atoms with Gasteiger partial charge >= 0.3 is 0 Å². The molecule has 1 aromatic heterocycles. The molecule has 84 valence electrons. The van der Waals surface area contributed by atoms with Crippen molar-refractivity contribution in [2.45, 2.75) is 50.9 Å². The van der Waals surface area contributed by atoms with E-state index >= 15 is 0 Å². The Kier molecular flexibility index (Phi) is 3.68. The van der Waals surface area contributed by atoms with Crippen molar-refractivity contribution in [3.05, 3.63) is 18.2 Å². The van der Waals surface area contributed by atoms with Gasteiger partial charge in [0.1, 0.15) is 0 Å². The Labute approximate surface area is 96.7 Å². The molecule has 0 N–H and O–H groups in total. The van der Waals surface area contributed by atoms with Crippen molar-refractivity contribution in [2.24, 2.45) is 5.92 Å². The molecule has 0 aromatic carbocycles. The van der Waals surface area contributed by atoms with Gasteiger partial charge in [-0.25, -0.2) is 4.98 Å². The first-order valence-corrected chi connectivity index (χ1v) is 6.41. The number of nitrogens with zero attached hydrogens (tertiary/aromatic N) is 2. The number of hydrogen-bond donors (Lipinski definition) is 0. The molecule has 0 saturated heterocycles. The van der Waals surface area contributed by atoms with E-state index in [0.29, 0.717) is 11.9 Å². The van der Waals surface area contributed by atoms with E-state index in [1.807, 2.05) is 12.5 Å². The first kappa shape index (κ1) is 11.0. The van der Waals surface area contributed by atoms with Crippen molar-refractivity contribution < 1.29 is 0 Å². The van der Waals surface area contributed by atoms with Crippen LogP contribution in [0.3, 0.4) is 0 Å². The Morgan fingerprint density at radius 2 is 2.27 bits per heavy atom. The number of hydrogen-bond acceptors (Lipinski definition) is 1. The van der Waals surface area contributed by atoms with E-state index in [0.717, 1.165) is 11.6 Å². The van der Waals surface area contributed by atoms with Crippen molar-refractivity contribution in [3.8, 4) is 0 Å². The molecule has 15 heavy (non-hydrogen) atoms. The predicted molar refractivity (Wildman–Crippen MR) is 63.1 cm³/mol. The number of halogens is 1. The SMILES string of the molecule is CC1CCCC(n2cncc2CCl)CC1. The first-order valence-electron chi connectivity index (χ1n) is 5.88. The third-order valence-corrected chi connectivity index (χ3v) is 3.78. The van der Waals surface area contributed by atoms with Crippen molar-refractivity contribution in [1.82, 2.24) is 9.55 Å². The second kappa shape index (κ2) is 5.02. The molecular weight excluding hydrogens is 208 g/mol. The molecule has 1 saturated carbocycles. The maximum absolute atomic E-state index is 5.90. The molecule has 1 aliphatic carbocycles. The normalized spacial score (nSPS) is 27.6. The van der Waals surface area contributed by atoms with Crippen LogP contribution in [0.15, 0.2) is 12.5 Å². The summed E-state index contributed by atoms with van der Waals surface area (Å²) in [5, 5.41) is 0. The summed E-state index contributed by atoms with van der Waals surface area (Å²) in [4.78, 5) is 4.20. The molecule has 3 heteroatoms. The summed E-state index contributed by atoms with van der Waals surface area (Å²) in [6.07, 6.45) is 10.4. The number of imidazole rings is 1. The van der Waals surface area contributed by atoms with Gasteiger partial charge in [-0.1, -0.05) is 19.8 Å². The first-order chi connectivity index (χ1) is 7.31. The van der Waals surface area contributed by atoms with Gasteiger partial charge in [0.25, 0.3) is 0 Å². The fraction of sp³-hybridized carbons (Fsp3) is 0.750. The van der Waals surface area contributed by atoms with Crippen LogP contribution in [0.1, 0.15) is 50.8 Å². The van der Waals surface area contributed by atoms with E-state index in [2.05, 4.69) is 16.5 Å². The Balaban J connectivity index is 2.09. The zero-order valence-electron chi connectivity index (χ0n) is 9.32. The van der Waals surface area contributed by atoms with E-state index in [-0.39, 0.29) is 0 Å². The van der Waals surface area contributed by atoms with Gasteiger partial charge in [-0.2, -0.15) is 0 Å². The lowest BCUT2D eigenvalue weighted by molar-refractivity contribution is 0.425. The van der Waals surface area contributed by atoms with Gasteiger partial charge in [-0.3, -0.25) is 0 Å². The number of rotatable bonds is 2. The second-order valence-corrected chi connectivity index (χ2v) is 4.96. The van der Waals surface area contributed by atoms with Gasteiger partial charge < -0.3 is 4.57 Å². The van der Waals surface area contributed by atoms with E-state index in [4.69, 9.17) is 11.6 Å². The fourth-order valence-corrected chi connectivity index (χ4v) is 2.72. The highest BCUT2D eigenvalue weighted by Gasteiger charge is 2.18. The monoisotopic (exact) mass is 226 g/mol. The summed E-state index contributed by atoms with van der Waals surface area (Å²) in [7, 11) is 0. The van der Waals surface area contributed by atoms with Crippen LogP contribution in [0, 0.1) is 5.92 Å². The van der Waals surface area contributed by atoms with Crippen LogP contribution < -0.4 is 0 Å². The minimum absolute atomic E-state index is 0.575. The smallest absolute Gasteiger partial charge is 0.0951 e. The van der Waals surface area contributed by atoms with E-state index in [9.17, 15) is 0 Å². The molecule has 2 nitrogen and oxygen atoms in total. The topological polar surface area (TPSA) is 17.8 Å². The maximum Gasteiger partial charge on any atom is 0.0951 e. The van der Waals surface area contributed by atoms with Gasteiger partial charge in [0.15, 0.2) is 0 Å². The lowest BCUT2D eigenvalue weighted by Crippen LogP contribution is -2.09. The average molecular weight is 227 g/mol.